The van der Waals surface area contributed by atoms with Crippen LogP contribution in [0.2, 0.25) is 0 Å². The van der Waals surface area contributed by atoms with Crippen LogP contribution in [-0.2, 0) is 13.6 Å². The predicted octanol–water partition coefficient (Wildman–Crippen LogP) is 0.371. The van der Waals surface area contributed by atoms with Crippen molar-refractivity contribution in [3.8, 4) is 0 Å². The minimum atomic E-state index is -2.70. The van der Waals surface area contributed by atoms with Gasteiger partial charge in [0.05, 0.1) is 12.4 Å². The number of aromatic nitrogens is 4. The summed E-state index contributed by atoms with van der Waals surface area (Å²) in [6.07, 6.45) is 0.663. The van der Waals surface area contributed by atoms with E-state index >= 15 is 0 Å². The third kappa shape index (κ3) is 2.71. The Morgan fingerprint density at radius 3 is 2.90 bits per heavy atom. The average molecular weight is 283 g/mol. The van der Waals surface area contributed by atoms with Crippen molar-refractivity contribution in [3.63, 3.8) is 0 Å². The number of H-pyrrole nitrogens is 1. The van der Waals surface area contributed by atoms with Crippen LogP contribution in [-0.4, -0.2) is 25.9 Å². The number of nitrogens with one attached hydrogen (secondary N) is 2. The molecule has 0 saturated carbocycles. The van der Waals surface area contributed by atoms with Crippen molar-refractivity contribution in [1.82, 2.24) is 25.3 Å². The number of hydrogen-bond acceptors (Lipinski definition) is 4. The number of hydrogen-bond donors (Lipinski definition) is 2. The van der Waals surface area contributed by atoms with Gasteiger partial charge in [-0.15, -0.1) is 0 Å². The number of aryl methyl sites for hydroxylation is 1. The van der Waals surface area contributed by atoms with Gasteiger partial charge in [-0.05, 0) is 0 Å². The predicted molar refractivity (Wildman–Crippen MR) is 64.2 cm³/mol. The van der Waals surface area contributed by atoms with E-state index in [1.54, 1.807) is 0 Å². The molecule has 0 aliphatic carbocycles. The molecule has 0 spiro atoms. The fourth-order valence-corrected chi connectivity index (χ4v) is 1.70. The summed E-state index contributed by atoms with van der Waals surface area (Å²) in [5, 5.41) is 11.9. The van der Waals surface area contributed by atoms with Gasteiger partial charge in [0, 0.05) is 25.4 Å². The molecule has 1 amide bonds. The van der Waals surface area contributed by atoms with E-state index in [-0.39, 0.29) is 23.4 Å². The first kappa shape index (κ1) is 13.8. The Balaban J connectivity index is 2.12. The van der Waals surface area contributed by atoms with E-state index in [0.717, 1.165) is 17.1 Å². The number of halogens is 2. The number of amides is 1. The molecule has 0 aliphatic heterocycles. The second kappa shape index (κ2) is 5.59. The number of nitrogens with zero attached hydrogens (tertiary/aromatic N) is 3. The third-order valence-corrected chi connectivity index (χ3v) is 2.69. The molecule has 0 unspecified atom stereocenters. The highest BCUT2D eigenvalue weighted by molar-refractivity contribution is 5.93. The van der Waals surface area contributed by atoms with Crippen LogP contribution >= 0.6 is 0 Å². The highest BCUT2D eigenvalue weighted by Gasteiger charge is 2.19. The highest BCUT2D eigenvalue weighted by Crippen LogP contribution is 2.21. The van der Waals surface area contributed by atoms with Crippen molar-refractivity contribution in [1.29, 1.82) is 0 Å². The number of aromatic amines is 1. The smallest absolute Gasteiger partial charge is 0.280 e. The zero-order valence-corrected chi connectivity index (χ0v) is 10.4. The molecule has 0 saturated heterocycles. The van der Waals surface area contributed by atoms with Crippen LogP contribution in [0.3, 0.4) is 0 Å². The Morgan fingerprint density at radius 1 is 1.50 bits per heavy atom. The van der Waals surface area contributed by atoms with E-state index in [0.29, 0.717) is 0 Å². The molecule has 7 nitrogen and oxygen atoms in total. The van der Waals surface area contributed by atoms with E-state index in [4.69, 9.17) is 0 Å². The average Bonchev–Trinajstić information content (AvgIpc) is 2.78. The Labute approximate surface area is 111 Å². The van der Waals surface area contributed by atoms with E-state index in [1.807, 2.05) is 0 Å². The first-order valence-corrected chi connectivity index (χ1v) is 5.61. The first-order valence-electron chi connectivity index (χ1n) is 5.61. The molecule has 2 N–H and O–H groups in total. The molecular weight excluding hydrogens is 272 g/mol. The summed E-state index contributed by atoms with van der Waals surface area (Å²) in [5.41, 5.74) is -0.765. The van der Waals surface area contributed by atoms with Gasteiger partial charge in [-0.25, -0.2) is 8.78 Å². The largest absolute Gasteiger partial charge is 0.348 e. The summed E-state index contributed by atoms with van der Waals surface area (Å²) >= 11 is 0. The van der Waals surface area contributed by atoms with Crippen molar-refractivity contribution in [2.24, 2.45) is 7.05 Å². The van der Waals surface area contributed by atoms with Crippen LogP contribution in [0.15, 0.2) is 23.4 Å². The Morgan fingerprint density at radius 2 is 2.25 bits per heavy atom. The fraction of sp³-hybridized carbons (Fsp3) is 0.273. The van der Waals surface area contributed by atoms with Crippen LogP contribution < -0.4 is 10.7 Å². The lowest BCUT2D eigenvalue weighted by Gasteiger charge is -2.06. The minimum Gasteiger partial charge on any atom is -0.348 e. The summed E-state index contributed by atoms with van der Waals surface area (Å²) in [5.74, 6) is -0.669. The summed E-state index contributed by atoms with van der Waals surface area (Å²) in [4.78, 5) is 23.1. The Bertz CT molecular complexity index is 679. The van der Waals surface area contributed by atoms with Crippen molar-refractivity contribution >= 4 is 5.91 Å². The molecule has 2 aromatic rings. The van der Waals surface area contributed by atoms with Crippen LogP contribution in [0, 0.1) is 0 Å². The van der Waals surface area contributed by atoms with Gasteiger partial charge in [-0.1, -0.05) is 0 Å². The van der Waals surface area contributed by atoms with Gasteiger partial charge in [0.1, 0.15) is 11.3 Å². The van der Waals surface area contributed by atoms with E-state index in [9.17, 15) is 18.4 Å². The van der Waals surface area contributed by atoms with Crippen molar-refractivity contribution in [2.45, 2.75) is 13.0 Å². The second-order valence-corrected chi connectivity index (χ2v) is 3.97. The van der Waals surface area contributed by atoms with Crippen LogP contribution in [0.25, 0.3) is 0 Å². The van der Waals surface area contributed by atoms with E-state index in [2.05, 4.69) is 20.6 Å². The van der Waals surface area contributed by atoms with Gasteiger partial charge in [0.2, 0.25) is 5.43 Å². The second-order valence-electron chi connectivity index (χ2n) is 3.97. The molecule has 20 heavy (non-hydrogen) atoms. The standard InChI is InChI=1S/C11H11F2N5O2/c1-18-9(10(12)13)6(3-17-18)2-14-11(20)7-4-15-16-5-8(7)19/h3-5,10H,2H2,1H3,(H,14,20)(H,15,19). The van der Waals surface area contributed by atoms with Crippen molar-refractivity contribution in [3.05, 3.63) is 45.6 Å². The molecule has 0 fully saturated rings. The lowest BCUT2D eigenvalue weighted by atomic mass is 10.2. The Kier molecular flexibility index (Phi) is 3.87. The molecular formula is C11H11F2N5O2. The van der Waals surface area contributed by atoms with Gasteiger partial charge in [-0.2, -0.15) is 10.2 Å². The summed E-state index contributed by atoms with van der Waals surface area (Å²) < 4.78 is 26.6. The lowest BCUT2D eigenvalue weighted by molar-refractivity contribution is 0.0947. The minimum absolute atomic E-state index is 0.137. The molecule has 0 atom stereocenters. The number of alkyl halides is 2. The fourth-order valence-electron chi connectivity index (χ4n) is 1.70. The maximum atomic E-state index is 12.8. The molecule has 0 radical (unpaired) electrons. The molecule has 106 valence electrons. The summed E-state index contributed by atoms with van der Waals surface area (Å²) in [7, 11) is 1.39. The van der Waals surface area contributed by atoms with E-state index in [1.165, 1.54) is 13.2 Å². The first-order chi connectivity index (χ1) is 9.50. The molecule has 2 rings (SSSR count). The molecule has 0 aromatic carbocycles. The molecule has 2 heterocycles. The van der Waals surface area contributed by atoms with Crippen LogP contribution in [0.5, 0.6) is 0 Å². The molecule has 2 aromatic heterocycles. The maximum absolute atomic E-state index is 12.8. The number of carbonyl (C=O) groups is 1. The van der Waals surface area contributed by atoms with Gasteiger partial charge < -0.3 is 5.32 Å². The quantitative estimate of drug-likeness (QED) is 0.848. The highest BCUT2D eigenvalue weighted by atomic mass is 19.3. The van der Waals surface area contributed by atoms with Crippen molar-refractivity contribution in [2.75, 3.05) is 0 Å². The summed E-state index contributed by atoms with van der Waals surface area (Å²) in [6.45, 7) is -0.145. The van der Waals surface area contributed by atoms with Crippen molar-refractivity contribution < 1.29 is 13.6 Å². The summed E-state index contributed by atoms with van der Waals surface area (Å²) in [6, 6.07) is 0. The monoisotopic (exact) mass is 283 g/mol. The zero-order valence-electron chi connectivity index (χ0n) is 10.4. The third-order valence-electron chi connectivity index (χ3n) is 2.69. The zero-order chi connectivity index (χ0) is 14.7. The molecule has 0 aliphatic rings. The maximum Gasteiger partial charge on any atom is 0.280 e. The van der Waals surface area contributed by atoms with Gasteiger partial charge in [0.15, 0.2) is 0 Å². The molecule has 9 heteroatoms. The van der Waals surface area contributed by atoms with Gasteiger partial charge >= 0.3 is 0 Å². The number of rotatable bonds is 4. The number of carbonyl (C=O) groups excluding carboxylic acids is 1. The SMILES string of the molecule is Cn1ncc(CNC(=O)c2c[nH]ncc2=O)c1C(F)F. The van der Waals surface area contributed by atoms with Gasteiger partial charge in [0.25, 0.3) is 12.3 Å². The van der Waals surface area contributed by atoms with E-state index < -0.39 is 17.8 Å². The topological polar surface area (TPSA) is 92.7 Å². The molecule has 0 bridgehead atoms. The van der Waals surface area contributed by atoms with Crippen LogP contribution in [0.1, 0.15) is 28.0 Å². The normalized spacial score (nSPS) is 10.8. The van der Waals surface area contributed by atoms with Crippen LogP contribution in [0.4, 0.5) is 8.78 Å². The Hall–Kier alpha value is -2.58. The lowest BCUT2D eigenvalue weighted by Crippen LogP contribution is -2.28. The van der Waals surface area contributed by atoms with Gasteiger partial charge in [-0.3, -0.25) is 19.4 Å².